The molecule has 8 heteroatoms. The largest absolute Gasteiger partial charge is 0.354 e. The normalized spacial score (nSPS) is 11.6. The van der Waals surface area contributed by atoms with Crippen LogP contribution in [-0.2, 0) is 6.42 Å². The number of hydrogen-bond donors (Lipinski definition) is 2. The van der Waals surface area contributed by atoms with E-state index in [1.807, 2.05) is 14.0 Å². The Morgan fingerprint density at radius 1 is 1.38 bits per heavy atom. The van der Waals surface area contributed by atoms with Gasteiger partial charge in [0.1, 0.15) is 5.69 Å². The van der Waals surface area contributed by atoms with Crippen LogP contribution in [0.2, 0.25) is 0 Å². The van der Waals surface area contributed by atoms with Gasteiger partial charge in [-0.25, -0.2) is 0 Å². The first-order valence-electron chi connectivity index (χ1n) is 6.32. The maximum Gasteiger partial charge on any atom is 0.269 e. The van der Waals surface area contributed by atoms with E-state index in [-0.39, 0.29) is 24.4 Å². The van der Waals surface area contributed by atoms with Crippen molar-refractivity contribution in [3.8, 4) is 11.5 Å². The van der Waals surface area contributed by atoms with Crippen LogP contribution in [-0.4, -0.2) is 41.2 Å². The summed E-state index contributed by atoms with van der Waals surface area (Å²) in [6.45, 7) is 2.04. The zero-order chi connectivity index (χ0) is 14.5. The molecule has 21 heavy (non-hydrogen) atoms. The van der Waals surface area contributed by atoms with Crippen molar-refractivity contribution in [2.24, 2.45) is 0 Å². The number of carbonyl (C=O) groups excluding carboxylic acids is 1. The minimum atomic E-state index is -0.231. The van der Waals surface area contributed by atoms with E-state index in [9.17, 15) is 4.79 Å². The third-order valence-electron chi connectivity index (χ3n) is 2.92. The molecule has 2 rings (SSSR count). The molecule has 1 amide bonds. The summed E-state index contributed by atoms with van der Waals surface area (Å²) < 4.78 is 5.19. The lowest BCUT2D eigenvalue weighted by molar-refractivity contribution is 0.0958. The van der Waals surface area contributed by atoms with E-state index in [2.05, 4.69) is 25.8 Å². The molecule has 114 valence electrons. The van der Waals surface area contributed by atoms with Crippen LogP contribution in [0, 0.1) is 0 Å². The van der Waals surface area contributed by atoms with Crippen molar-refractivity contribution in [1.82, 2.24) is 25.8 Å². The van der Waals surface area contributed by atoms with Crippen molar-refractivity contribution >= 4 is 18.3 Å². The van der Waals surface area contributed by atoms with Crippen molar-refractivity contribution in [3.05, 3.63) is 29.8 Å². The lowest BCUT2D eigenvalue weighted by Crippen LogP contribution is -2.24. The fourth-order valence-electron chi connectivity index (χ4n) is 1.61. The fraction of sp³-hybridized carbons (Fsp3) is 0.385. The molecule has 2 heterocycles. The highest BCUT2D eigenvalue weighted by Gasteiger charge is 2.12. The second kappa shape index (κ2) is 7.70. The van der Waals surface area contributed by atoms with Crippen molar-refractivity contribution in [3.63, 3.8) is 0 Å². The molecule has 0 saturated heterocycles. The predicted molar refractivity (Wildman–Crippen MR) is 80.4 cm³/mol. The number of nitrogens with one attached hydrogen (secondary N) is 2. The van der Waals surface area contributed by atoms with Crippen LogP contribution in [0.15, 0.2) is 22.9 Å². The van der Waals surface area contributed by atoms with Gasteiger partial charge in [0.15, 0.2) is 5.82 Å². The number of nitrogens with zero attached hydrogens (tertiary/aromatic N) is 3. The first-order chi connectivity index (χ1) is 9.63. The van der Waals surface area contributed by atoms with E-state index in [1.54, 1.807) is 25.4 Å². The number of aromatic nitrogens is 3. The second-order valence-corrected chi connectivity index (χ2v) is 4.42. The molecule has 7 nitrogen and oxygen atoms in total. The summed E-state index contributed by atoms with van der Waals surface area (Å²) in [4.78, 5) is 19.8. The summed E-state index contributed by atoms with van der Waals surface area (Å²) in [7, 11) is 3.44. The predicted octanol–water partition coefficient (Wildman–Crippen LogP) is 1.06. The Kier molecular flexibility index (Phi) is 6.26. The molecule has 0 aliphatic carbocycles. The Morgan fingerprint density at radius 3 is 2.71 bits per heavy atom. The average Bonchev–Trinajstić information content (AvgIpc) is 2.95. The van der Waals surface area contributed by atoms with Gasteiger partial charge in [-0.05, 0) is 26.1 Å². The van der Waals surface area contributed by atoms with E-state index in [0.717, 1.165) is 0 Å². The Balaban J connectivity index is 0.00000220. The molecular formula is C13H18ClN5O2. The molecule has 0 fully saturated rings. The van der Waals surface area contributed by atoms with Crippen LogP contribution >= 0.6 is 12.4 Å². The summed E-state index contributed by atoms with van der Waals surface area (Å²) in [6.07, 6.45) is 2.23. The minimum Gasteiger partial charge on any atom is -0.354 e. The number of amides is 1. The van der Waals surface area contributed by atoms with Crippen LogP contribution in [0.4, 0.5) is 0 Å². The molecule has 2 aromatic rings. The van der Waals surface area contributed by atoms with Crippen molar-refractivity contribution in [2.45, 2.75) is 19.4 Å². The number of hydrogen-bond acceptors (Lipinski definition) is 6. The number of halogens is 1. The van der Waals surface area contributed by atoms with Gasteiger partial charge < -0.3 is 15.2 Å². The maximum atomic E-state index is 11.4. The summed E-state index contributed by atoms with van der Waals surface area (Å²) in [5, 5.41) is 9.54. The summed E-state index contributed by atoms with van der Waals surface area (Å²) in [5.74, 6) is 0.808. The number of rotatable bonds is 5. The minimum absolute atomic E-state index is 0. The molecule has 0 aliphatic heterocycles. The van der Waals surface area contributed by atoms with Crippen molar-refractivity contribution in [1.29, 1.82) is 0 Å². The number of likely N-dealkylation sites (N-methyl/N-ethyl adjacent to an activating group) is 1. The molecule has 0 aromatic carbocycles. The van der Waals surface area contributed by atoms with Crippen LogP contribution < -0.4 is 10.6 Å². The molecule has 0 saturated carbocycles. The third-order valence-corrected chi connectivity index (χ3v) is 2.92. The lowest BCUT2D eigenvalue weighted by atomic mass is 10.2. The monoisotopic (exact) mass is 311 g/mol. The average molecular weight is 312 g/mol. The third kappa shape index (κ3) is 4.24. The lowest BCUT2D eigenvalue weighted by Gasteiger charge is -2.04. The summed E-state index contributed by atoms with van der Waals surface area (Å²) in [6, 6.07) is 3.62. The van der Waals surface area contributed by atoms with Crippen molar-refractivity contribution < 1.29 is 9.32 Å². The molecule has 0 aliphatic rings. The second-order valence-electron chi connectivity index (χ2n) is 4.42. The Morgan fingerprint density at radius 2 is 2.14 bits per heavy atom. The highest BCUT2D eigenvalue weighted by Crippen LogP contribution is 2.16. The number of pyridine rings is 1. The maximum absolute atomic E-state index is 11.4. The van der Waals surface area contributed by atoms with E-state index >= 15 is 0 Å². The van der Waals surface area contributed by atoms with Crippen LogP contribution in [0.5, 0.6) is 0 Å². The van der Waals surface area contributed by atoms with Gasteiger partial charge in [0.05, 0.1) is 5.56 Å². The van der Waals surface area contributed by atoms with E-state index in [1.165, 1.54) is 0 Å². The molecule has 0 spiro atoms. The standard InChI is InChI=1S/C13H17N5O2.ClH/c1-8(14-2)6-11-17-13(20-18-11)9-4-5-10(16-7-9)12(19)15-3;/h4-5,7-8,14H,6H2,1-3H3,(H,15,19);1H. The van der Waals surface area contributed by atoms with E-state index in [4.69, 9.17) is 4.52 Å². The zero-order valence-electron chi connectivity index (χ0n) is 12.1. The molecule has 0 radical (unpaired) electrons. The first kappa shape index (κ1) is 17.1. The van der Waals surface area contributed by atoms with Crippen molar-refractivity contribution in [2.75, 3.05) is 14.1 Å². The number of carbonyl (C=O) groups is 1. The summed E-state index contributed by atoms with van der Waals surface area (Å²) in [5.41, 5.74) is 1.04. The van der Waals surface area contributed by atoms with Crippen LogP contribution in [0.25, 0.3) is 11.5 Å². The van der Waals surface area contributed by atoms with Gasteiger partial charge in [-0.2, -0.15) is 4.98 Å². The van der Waals surface area contributed by atoms with Gasteiger partial charge in [0.2, 0.25) is 0 Å². The molecule has 1 unspecified atom stereocenters. The first-order valence-corrected chi connectivity index (χ1v) is 6.32. The quantitative estimate of drug-likeness (QED) is 0.858. The van der Waals surface area contributed by atoms with Crippen LogP contribution in [0.3, 0.4) is 0 Å². The zero-order valence-corrected chi connectivity index (χ0v) is 12.9. The molecular weight excluding hydrogens is 294 g/mol. The van der Waals surface area contributed by atoms with Gasteiger partial charge in [0, 0.05) is 25.7 Å². The Labute approximate surface area is 128 Å². The van der Waals surface area contributed by atoms with Gasteiger partial charge in [-0.15, -0.1) is 12.4 Å². The fourth-order valence-corrected chi connectivity index (χ4v) is 1.61. The van der Waals surface area contributed by atoms with Gasteiger partial charge in [0.25, 0.3) is 11.8 Å². The van der Waals surface area contributed by atoms with Crippen LogP contribution in [0.1, 0.15) is 23.2 Å². The summed E-state index contributed by atoms with van der Waals surface area (Å²) >= 11 is 0. The van der Waals surface area contributed by atoms with Gasteiger partial charge in [-0.3, -0.25) is 9.78 Å². The van der Waals surface area contributed by atoms with Gasteiger partial charge >= 0.3 is 0 Å². The smallest absolute Gasteiger partial charge is 0.269 e. The Hall–Kier alpha value is -1.99. The van der Waals surface area contributed by atoms with E-state index < -0.39 is 0 Å². The topological polar surface area (TPSA) is 92.9 Å². The highest BCUT2D eigenvalue weighted by molar-refractivity contribution is 5.92. The molecule has 0 bridgehead atoms. The SMILES string of the molecule is CNC(=O)c1ccc(-c2nc(CC(C)NC)no2)cn1.Cl. The van der Waals surface area contributed by atoms with E-state index in [0.29, 0.717) is 29.4 Å². The van der Waals surface area contributed by atoms with Gasteiger partial charge in [-0.1, -0.05) is 5.16 Å². The molecule has 2 aromatic heterocycles. The molecule has 2 N–H and O–H groups in total. The highest BCUT2D eigenvalue weighted by atomic mass is 35.5. The molecule has 1 atom stereocenters. The Bertz CT molecular complexity index is 585.